The third kappa shape index (κ3) is 3.90. The predicted octanol–water partition coefficient (Wildman–Crippen LogP) is 2.28. The fourth-order valence-electron chi connectivity index (χ4n) is 2.06. The number of aliphatic hydroxyl groups is 1. The first kappa shape index (κ1) is 16.4. The standard InChI is InChI=1S/C12H18ClNO4S/c1-8(2)14(19(16,17)18)9(3)12(15)10-6-4-5-7-11(10)13/h4-9,12,15H,1-3H3,(H,16,17,18)/t9-,12+/m1/s1. The molecular formula is C12H18ClNO4S. The predicted molar refractivity (Wildman–Crippen MR) is 74.4 cm³/mol. The van der Waals surface area contributed by atoms with E-state index in [2.05, 4.69) is 0 Å². The van der Waals surface area contributed by atoms with Gasteiger partial charge in [0.2, 0.25) is 0 Å². The number of benzene rings is 1. The highest BCUT2D eigenvalue weighted by Gasteiger charge is 2.33. The van der Waals surface area contributed by atoms with Crippen LogP contribution in [0.3, 0.4) is 0 Å². The van der Waals surface area contributed by atoms with E-state index >= 15 is 0 Å². The molecule has 108 valence electrons. The minimum atomic E-state index is -4.40. The van der Waals surface area contributed by atoms with Gasteiger partial charge in [0.15, 0.2) is 0 Å². The van der Waals surface area contributed by atoms with Crippen LogP contribution >= 0.6 is 11.6 Å². The molecular weight excluding hydrogens is 290 g/mol. The Morgan fingerprint density at radius 3 is 2.16 bits per heavy atom. The molecule has 19 heavy (non-hydrogen) atoms. The first-order chi connectivity index (χ1) is 8.66. The van der Waals surface area contributed by atoms with Crippen LogP contribution in [0, 0.1) is 0 Å². The van der Waals surface area contributed by atoms with Crippen molar-refractivity contribution in [3.63, 3.8) is 0 Å². The van der Waals surface area contributed by atoms with E-state index in [9.17, 15) is 18.1 Å². The van der Waals surface area contributed by atoms with Crippen LogP contribution in [0.5, 0.6) is 0 Å². The molecule has 0 unspecified atom stereocenters. The van der Waals surface area contributed by atoms with Crippen molar-refractivity contribution in [2.45, 2.75) is 39.0 Å². The molecule has 7 heteroatoms. The summed E-state index contributed by atoms with van der Waals surface area (Å²) in [5.74, 6) is 0. The van der Waals surface area contributed by atoms with Gasteiger partial charge < -0.3 is 5.11 Å². The SMILES string of the molecule is CC(C)N([C@H](C)[C@H](O)c1ccccc1Cl)S(=O)(=O)O. The van der Waals surface area contributed by atoms with Crippen molar-refractivity contribution in [2.75, 3.05) is 0 Å². The average molecular weight is 308 g/mol. The van der Waals surface area contributed by atoms with Crippen LogP contribution in [0.2, 0.25) is 5.02 Å². The van der Waals surface area contributed by atoms with Crippen molar-refractivity contribution in [1.29, 1.82) is 0 Å². The largest absolute Gasteiger partial charge is 0.387 e. The Labute approximate surface area is 118 Å². The summed E-state index contributed by atoms with van der Waals surface area (Å²) in [5.41, 5.74) is 0.422. The molecule has 0 saturated carbocycles. The molecule has 1 aromatic rings. The highest BCUT2D eigenvalue weighted by atomic mass is 35.5. The molecule has 2 atom stereocenters. The van der Waals surface area contributed by atoms with Gasteiger partial charge in [-0.3, -0.25) is 4.55 Å². The molecule has 0 aliphatic heterocycles. The van der Waals surface area contributed by atoms with E-state index < -0.39 is 28.5 Å². The Hall–Kier alpha value is -0.660. The van der Waals surface area contributed by atoms with Gasteiger partial charge in [0.1, 0.15) is 0 Å². The van der Waals surface area contributed by atoms with Gasteiger partial charge in [0, 0.05) is 16.6 Å². The van der Waals surface area contributed by atoms with E-state index in [1.54, 1.807) is 38.1 Å². The number of hydrogen-bond donors (Lipinski definition) is 2. The Morgan fingerprint density at radius 2 is 1.74 bits per heavy atom. The van der Waals surface area contributed by atoms with Gasteiger partial charge in [-0.05, 0) is 26.8 Å². The second-order valence-corrected chi connectivity index (χ2v) is 6.33. The molecule has 0 aromatic heterocycles. The number of nitrogens with zero attached hydrogens (tertiary/aromatic N) is 1. The van der Waals surface area contributed by atoms with Gasteiger partial charge >= 0.3 is 10.3 Å². The summed E-state index contributed by atoms with van der Waals surface area (Å²) in [4.78, 5) is 0. The molecule has 0 saturated heterocycles. The van der Waals surface area contributed by atoms with Gasteiger partial charge in [-0.2, -0.15) is 12.7 Å². The Bertz CT molecular complexity index is 532. The normalized spacial score (nSPS) is 15.8. The van der Waals surface area contributed by atoms with Crippen molar-refractivity contribution in [3.8, 4) is 0 Å². The van der Waals surface area contributed by atoms with Crippen LogP contribution in [0.4, 0.5) is 0 Å². The molecule has 0 aliphatic rings. The first-order valence-electron chi connectivity index (χ1n) is 5.84. The summed E-state index contributed by atoms with van der Waals surface area (Å²) in [5, 5.41) is 10.6. The highest BCUT2D eigenvalue weighted by Crippen LogP contribution is 2.29. The van der Waals surface area contributed by atoms with Crippen LogP contribution in [0.1, 0.15) is 32.4 Å². The molecule has 0 aliphatic carbocycles. The lowest BCUT2D eigenvalue weighted by Crippen LogP contribution is -2.45. The quantitative estimate of drug-likeness (QED) is 0.818. The summed E-state index contributed by atoms with van der Waals surface area (Å²) in [7, 11) is -4.40. The van der Waals surface area contributed by atoms with Crippen molar-refractivity contribution in [3.05, 3.63) is 34.9 Å². The molecule has 1 rings (SSSR count). The fourth-order valence-corrected chi connectivity index (χ4v) is 3.38. The Morgan fingerprint density at radius 1 is 1.21 bits per heavy atom. The second-order valence-electron chi connectivity index (χ2n) is 4.61. The number of aliphatic hydroxyl groups excluding tert-OH is 1. The summed E-state index contributed by atoms with van der Waals surface area (Å²) in [6, 6.07) is 5.32. The van der Waals surface area contributed by atoms with Crippen molar-refractivity contribution < 1.29 is 18.1 Å². The lowest BCUT2D eigenvalue weighted by Gasteiger charge is -2.32. The van der Waals surface area contributed by atoms with Gasteiger partial charge in [-0.1, -0.05) is 29.8 Å². The Kier molecular flexibility index (Phi) is 5.34. The molecule has 0 radical (unpaired) electrons. The number of halogens is 1. The zero-order valence-corrected chi connectivity index (χ0v) is 12.6. The summed E-state index contributed by atoms with van der Waals surface area (Å²) >= 11 is 5.97. The van der Waals surface area contributed by atoms with E-state index in [0.29, 0.717) is 10.6 Å². The average Bonchev–Trinajstić information content (AvgIpc) is 2.26. The summed E-state index contributed by atoms with van der Waals surface area (Å²) < 4.78 is 32.8. The molecule has 0 fully saturated rings. The van der Waals surface area contributed by atoms with Crippen LogP contribution in [0.15, 0.2) is 24.3 Å². The first-order valence-corrected chi connectivity index (χ1v) is 7.62. The zero-order valence-electron chi connectivity index (χ0n) is 11.0. The monoisotopic (exact) mass is 307 g/mol. The van der Waals surface area contributed by atoms with Crippen LogP contribution in [0.25, 0.3) is 0 Å². The van der Waals surface area contributed by atoms with Gasteiger partial charge in [-0.15, -0.1) is 0 Å². The Balaban J connectivity index is 3.11. The number of rotatable bonds is 5. The molecule has 0 bridgehead atoms. The fraction of sp³-hybridized carbons (Fsp3) is 0.500. The van der Waals surface area contributed by atoms with E-state index in [4.69, 9.17) is 11.6 Å². The highest BCUT2D eigenvalue weighted by molar-refractivity contribution is 7.83. The van der Waals surface area contributed by atoms with Gasteiger partial charge in [0.25, 0.3) is 0 Å². The minimum Gasteiger partial charge on any atom is -0.387 e. The van der Waals surface area contributed by atoms with E-state index in [1.807, 2.05) is 0 Å². The van der Waals surface area contributed by atoms with Crippen LogP contribution < -0.4 is 0 Å². The van der Waals surface area contributed by atoms with Crippen LogP contribution in [-0.2, 0) is 10.3 Å². The lowest BCUT2D eigenvalue weighted by molar-refractivity contribution is 0.0826. The van der Waals surface area contributed by atoms with Crippen molar-refractivity contribution >= 4 is 21.9 Å². The number of hydrogen-bond acceptors (Lipinski definition) is 3. The minimum absolute atomic E-state index is 0.348. The van der Waals surface area contributed by atoms with Crippen molar-refractivity contribution in [2.24, 2.45) is 0 Å². The molecule has 5 nitrogen and oxygen atoms in total. The maximum absolute atomic E-state index is 11.4. The smallest absolute Gasteiger partial charge is 0.336 e. The summed E-state index contributed by atoms with van der Waals surface area (Å²) in [6.07, 6.45) is -1.13. The maximum Gasteiger partial charge on any atom is 0.336 e. The molecule has 1 aromatic carbocycles. The van der Waals surface area contributed by atoms with Gasteiger partial charge in [0.05, 0.1) is 12.1 Å². The lowest BCUT2D eigenvalue weighted by atomic mass is 10.0. The van der Waals surface area contributed by atoms with Crippen molar-refractivity contribution in [1.82, 2.24) is 4.31 Å². The molecule has 0 spiro atoms. The second kappa shape index (κ2) is 6.19. The van der Waals surface area contributed by atoms with E-state index in [1.165, 1.54) is 6.92 Å². The third-order valence-electron chi connectivity index (χ3n) is 2.86. The molecule has 0 heterocycles. The zero-order chi connectivity index (χ0) is 14.8. The molecule has 2 N–H and O–H groups in total. The van der Waals surface area contributed by atoms with Crippen LogP contribution in [-0.4, -0.2) is 34.5 Å². The summed E-state index contributed by atoms with van der Waals surface area (Å²) in [6.45, 7) is 4.74. The van der Waals surface area contributed by atoms with Gasteiger partial charge in [-0.25, -0.2) is 0 Å². The van der Waals surface area contributed by atoms with E-state index in [0.717, 1.165) is 4.31 Å². The maximum atomic E-state index is 11.4. The van der Waals surface area contributed by atoms with E-state index in [-0.39, 0.29) is 0 Å². The third-order valence-corrected chi connectivity index (χ3v) is 4.49. The molecule has 0 amide bonds. The topological polar surface area (TPSA) is 77.8 Å².